The highest BCUT2D eigenvalue weighted by molar-refractivity contribution is 7.13. The Kier molecular flexibility index (Phi) is 6.06. The second kappa shape index (κ2) is 8.89. The SMILES string of the molecule is CC(C)OCC(=O)N1CC[C@H](c2cc(C(=O)Nc3nccs3)c3ccccc3n2)C1. The summed E-state index contributed by atoms with van der Waals surface area (Å²) < 4.78 is 5.45. The van der Waals surface area contributed by atoms with E-state index in [9.17, 15) is 9.59 Å². The number of carbonyl (C=O) groups is 2. The molecule has 1 aliphatic rings. The number of amides is 2. The summed E-state index contributed by atoms with van der Waals surface area (Å²) in [4.78, 5) is 36.1. The van der Waals surface area contributed by atoms with Crippen molar-refractivity contribution in [2.24, 2.45) is 0 Å². The summed E-state index contributed by atoms with van der Waals surface area (Å²) in [5, 5.41) is 6.04. The molecule has 1 N–H and O–H groups in total. The van der Waals surface area contributed by atoms with Gasteiger partial charge < -0.3 is 9.64 Å². The largest absolute Gasteiger partial charge is 0.369 e. The fraction of sp³-hybridized carbons (Fsp3) is 0.364. The third kappa shape index (κ3) is 4.49. The molecule has 1 aliphatic heterocycles. The molecule has 3 heterocycles. The first kappa shape index (κ1) is 20.4. The zero-order valence-electron chi connectivity index (χ0n) is 17.0. The number of thiazole rings is 1. The monoisotopic (exact) mass is 424 g/mol. The van der Waals surface area contributed by atoms with Crippen LogP contribution < -0.4 is 5.32 Å². The second-order valence-electron chi connectivity index (χ2n) is 7.59. The van der Waals surface area contributed by atoms with Crippen LogP contribution in [-0.4, -0.2) is 52.5 Å². The van der Waals surface area contributed by atoms with Gasteiger partial charge in [-0.1, -0.05) is 18.2 Å². The standard InChI is InChI=1S/C22H24N4O3S/c1-14(2)29-13-20(27)26-9-7-15(12-26)19-11-17(16-5-3-4-6-18(16)24-19)21(28)25-22-23-8-10-30-22/h3-6,8,10-11,14-15H,7,9,12-13H2,1-2H3,(H,23,25,28)/t15-/m0/s1. The minimum Gasteiger partial charge on any atom is -0.369 e. The van der Waals surface area contributed by atoms with Crippen molar-refractivity contribution in [1.29, 1.82) is 0 Å². The number of anilines is 1. The summed E-state index contributed by atoms with van der Waals surface area (Å²) in [5.74, 6) is -0.126. The molecule has 0 unspecified atom stereocenters. The van der Waals surface area contributed by atoms with Crippen LogP contribution in [0, 0.1) is 0 Å². The van der Waals surface area contributed by atoms with Crippen molar-refractivity contribution in [3.8, 4) is 0 Å². The molecule has 8 heteroatoms. The van der Waals surface area contributed by atoms with Crippen molar-refractivity contribution in [2.45, 2.75) is 32.3 Å². The Morgan fingerprint density at radius 2 is 2.17 bits per heavy atom. The van der Waals surface area contributed by atoms with E-state index < -0.39 is 0 Å². The molecule has 0 saturated carbocycles. The van der Waals surface area contributed by atoms with Crippen molar-refractivity contribution >= 4 is 39.2 Å². The molecule has 1 aromatic carbocycles. The average Bonchev–Trinajstić information content (AvgIpc) is 3.43. The Hall–Kier alpha value is -2.84. The van der Waals surface area contributed by atoms with Crippen molar-refractivity contribution < 1.29 is 14.3 Å². The van der Waals surface area contributed by atoms with Crippen molar-refractivity contribution in [1.82, 2.24) is 14.9 Å². The number of hydrogen-bond acceptors (Lipinski definition) is 6. The van der Waals surface area contributed by atoms with E-state index in [0.717, 1.165) is 23.0 Å². The highest BCUT2D eigenvalue weighted by atomic mass is 32.1. The van der Waals surface area contributed by atoms with Gasteiger partial charge in [-0.3, -0.25) is 19.9 Å². The Morgan fingerprint density at radius 1 is 1.33 bits per heavy atom. The van der Waals surface area contributed by atoms with Gasteiger partial charge in [0.25, 0.3) is 5.91 Å². The van der Waals surface area contributed by atoms with Crippen LogP contribution in [0.5, 0.6) is 0 Å². The van der Waals surface area contributed by atoms with Crippen molar-refractivity contribution in [2.75, 3.05) is 25.0 Å². The van der Waals surface area contributed by atoms with Gasteiger partial charge in [0.2, 0.25) is 5.91 Å². The number of aromatic nitrogens is 2. The number of rotatable bonds is 6. The molecule has 1 atom stereocenters. The quantitative estimate of drug-likeness (QED) is 0.652. The van der Waals surface area contributed by atoms with Gasteiger partial charge >= 0.3 is 0 Å². The average molecular weight is 425 g/mol. The number of nitrogens with one attached hydrogen (secondary N) is 1. The third-order valence-corrected chi connectivity index (χ3v) is 5.82. The summed E-state index contributed by atoms with van der Waals surface area (Å²) in [5.41, 5.74) is 2.17. The van der Waals surface area contributed by atoms with E-state index in [1.54, 1.807) is 6.20 Å². The predicted molar refractivity (Wildman–Crippen MR) is 117 cm³/mol. The summed E-state index contributed by atoms with van der Waals surface area (Å²) in [6, 6.07) is 9.47. The first-order valence-electron chi connectivity index (χ1n) is 10.0. The van der Waals surface area contributed by atoms with Crippen LogP contribution in [-0.2, 0) is 9.53 Å². The molecule has 30 heavy (non-hydrogen) atoms. The number of ether oxygens (including phenoxy) is 1. The van der Waals surface area contributed by atoms with Gasteiger partial charge in [-0.05, 0) is 32.4 Å². The fourth-order valence-electron chi connectivity index (χ4n) is 3.60. The second-order valence-corrected chi connectivity index (χ2v) is 8.48. The van der Waals surface area contributed by atoms with Gasteiger partial charge in [0.05, 0.1) is 17.2 Å². The van der Waals surface area contributed by atoms with Crippen LogP contribution in [0.3, 0.4) is 0 Å². The van der Waals surface area contributed by atoms with Crippen LogP contribution in [0.25, 0.3) is 10.9 Å². The lowest BCUT2D eigenvalue weighted by Crippen LogP contribution is -2.32. The van der Waals surface area contributed by atoms with E-state index in [0.29, 0.717) is 23.8 Å². The van der Waals surface area contributed by atoms with Crippen molar-refractivity contribution in [3.05, 3.63) is 53.2 Å². The molecule has 3 aromatic rings. The van der Waals surface area contributed by atoms with Crippen LogP contribution in [0.4, 0.5) is 5.13 Å². The fourth-order valence-corrected chi connectivity index (χ4v) is 4.12. The number of nitrogens with zero attached hydrogens (tertiary/aromatic N) is 3. The van der Waals surface area contributed by atoms with Gasteiger partial charge in [-0.2, -0.15) is 0 Å². The number of pyridine rings is 1. The van der Waals surface area contributed by atoms with Gasteiger partial charge in [0.1, 0.15) is 6.61 Å². The zero-order chi connectivity index (χ0) is 21.1. The van der Waals surface area contributed by atoms with Crippen LogP contribution in [0.2, 0.25) is 0 Å². The first-order valence-corrected chi connectivity index (χ1v) is 10.9. The Balaban J connectivity index is 1.58. The van der Waals surface area contributed by atoms with Crippen LogP contribution in [0.15, 0.2) is 41.9 Å². The molecule has 0 aliphatic carbocycles. The van der Waals surface area contributed by atoms with Gasteiger partial charge in [0, 0.05) is 41.7 Å². The lowest BCUT2D eigenvalue weighted by molar-refractivity contribution is -0.136. The van der Waals surface area contributed by atoms with Crippen LogP contribution in [0.1, 0.15) is 42.2 Å². The molecule has 1 saturated heterocycles. The molecular formula is C22H24N4O3S. The van der Waals surface area contributed by atoms with E-state index in [2.05, 4.69) is 10.3 Å². The van der Waals surface area contributed by atoms with Crippen LogP contribution >= 0.6 is 11.3 Å². The molecule has 0 bridgehead atoms. The molecule has 7 nitrogen and oxygen atoms in total. The minimum atomic E-state index is -0.207. The van der Waals surface area contributed by atoms with Gasteiger partial charge in [-0.25, -0.2) is 4.98 Å². The molecule has 2 amide bonds. The molecule has 2 aromatic heterocycles. The lowest BCUT2D eigenvalue weighted by Gasteiger charge is -2.18. The van der Waals surface area contributed by atoms with E-state index in [1.165, 1.54) is 11.3 Å². The van der Waals surface area contributed by atoms with E-state index >= 15 is 0 Å². The summed E-state index contributed by atoms with van der Waals surface area (Å²) in [7, 11) is 0. The molecule has 1 fully saturated rings. The predicted octanol–water partition coefficient (Wildman–Crippen LogP) is 3.68. The van der Waals surface area contributed by atoms with Gasteiger partial charge in [0.15, 0.2) is 5.13 Å². The first-order chi connectivity index (χ1) is 14.5. The van der Waals surface area contributed by atoms with Gasteiger partial charge in [-0.15, -0.1) is 11.3 Å². The third-order valence-electron chi connectivity index (χ3n) is 5.13. The maximum Gasteiger partial charge on any atom is 0.258 e. The minimum absolute atomic E-state index is 0.00581. The maximum absolute atomic E-state index is 13.0. The Bertz CT molecular complexity index is 1050. The van der Waals surface area contributed by atoms with E-state index in [4.69, 9.17) is 9.72 Å². The lowest BCUT2D eigenvalue weighted by atomic mass is 9.99. The molecule has 4 rings (SSSR count). The summed E-state index contributed by atoms with van der Waals surface area (Å²) in [6.07, 6.45) is 2.49. The zero-order valence-corrected chi connectivity index (χ0v) is 17.8. The highest BCUT2D eigenvalue weighted by Gasteiger charge is 2.29. The smallest absolute Gasteiger partial charge is 0.258 e. The number of fused-ring (bicyclic) bond motifs is 1. The topological polar surface area (TPSA) is 84.4 Å². The highest BCUT2D eigenvalue weighted by Crippen LogP contribution is 2.30. The number of hydrogen-bond donors (Lipinski definition) is 1. The van der Waals surface area contributed by atoms with E-state index in [1.807, 2.05) is 54.5 Å². The van der Waals surface area contributed by atoms with Crippen molar-refractivity contribution in [3.63, 3.8) is 0 Å². The summed E-state index contributed by atoms with van der Waals surface area (Å²) >= 11 is 1.38. The Morgan fingerprint density at radius 3 is 2.93 bits per heavy atom. The maximum atomic E-state index is 13.0. The number of benzene rings is 1. The molecule has 0 spiro atoms. The van der Waals surface area contributed by atoms with E-state index in [-0.39, 0.29) is 30.4 Å². The molecule has 0 radical (unpaired) electrons. The number of likely N-dealkylation sites (tertiary alicyclic amines) is 1. The molecular weight excluding hydrogens is 400 g/mol. The Labute approximate surface area is 179 Å². The normalized spacial score (nSPS) is 16.4. The number of carbonyl (C=O) groups excluding carboxylic acids is 2. The molecule has 156 valence electrons. The number of para-hydroxylation sites is 1. The summed E-state index contributed by atoms with van der Waals surface area (Å²) in [6.45, 7) is 5.17.